The summed E-state index contributed by atoms with van der Waals surface area (Å²) < 4.78 is 23.8. The number of benzene rings is 1. The van der Waals surface area contributed by atoms with Gasteiger partial charge in [-0.3, -0.25) is 0 Å². The van der Waals surface area contributed by atoms with Crippen molar-refractivity contribution in [1.29, 1.82) is 0 Å². The molecule has 0 unspecified atom stereocenters. The SMILES string of the molecule is CCNC(=NCc1ccccc1F)NCCOCCOC.I. The van der Waals surface area contributed by atoms with Gasteiger partial charge in [-0.05, 0) is 13.0 Å². The van der Waals surface area contributed by atoms with Crippen molar-refractivity contribution in [2.75, 3.05) is 40.0 Å². The smallest absolute Gasteiger partial charge is 0.191 e. The van der Waals surface area contributed by atoms with Gasteiger partial charge in [0.15, 0.2) is 5.96 Å². The number of methoxy groups -OCH3 is 1. The molecular formula is C15H25FIN3O2. The second kappa shape index (κ2) is 13.7. The summed E-state index contributed by atoms with van der Waals surface area (Å²) in [6.07, 6.45) is 0. The molecule has 0 radical (unpaired) electrons. The van der Waals surface area contributed by atoms with E-state index in [0.29, 0.717) is 44.4 Å². The van der Waals surface area contributed by atoms with E-state index in [9.17, 15) is 4.39 Å². The van der Waals surface area contributed by atoms with Crippen LogP contribution in [0.3, 0.4) is 0 Å². The monoisotopic (exact) mass is 425 g/mol. The molecule has 0 amide bonds. The van der Waals surface area contributed by atoms with E-state index in [2.05, 4.69) is 15.6 Å². The highest BCUT2D eigenvalue weighted by molar-refractivity contribution is 14.0. The van der Waals surface area contributed by atoms with Crippen molar-refractivity contribution in [2.24, 2.45) is 4.99 Å². The highest BCUT2D eigenvalue weighted by atomic mass is 127. The van der Waals surface area contributed by atoms with Gasteiger partial charge in [0.05, 0.1) is 26.4 Å². The Labute approximate surface area is 148 Å². The molecule has 1 aromatic rings. The molecule has 126 valence electrons. The predicted molar refractivity (Wildman–Crippen MR) is 97.3 cm³/mol. The molecule has 1 rings (SSSR count). The Bertz CT molecular complexity index is 433. The summed E-state index contributed by atoms with van der Waals surface area (Å²) in [5.74, 6) is 0.413. The zero-order valence-electron chi connectivity index (χ0n) is 13.1. The maximum absolute atomic E-state index is 13.5. The number of aliphatic imine (C=N–C) groups is 1. The van der Waals surface area contributed by atoms with Crippen LogP contribution in [-0.2, 0) is 16.0 Å². The molecule has 1 aromatic carbocycles. The highest BCUT2D eigenvalue weighted by Crippen LogP contribution is 2.07. The average Bonchev–Trinajstić information content (AvgIpc) is 2.49. The van der Waals surface area contributed by atoms with E-state index in [0.717, 1.165) is 6.54 Å². The van der Waals surface area contributed by atoms with Crippen molar-refractivity contribution < 1.29 is 13.9 Å². The standard InChI is InChI=1S/C15H24FN3O2.HI/c1-3-17-15(18-8-9-21-11-10-20-2)19-12-13-6-4-5-7-14(13)16;/h4-7H,3,8-12H2,1-2H3,(H2,17,18,19);1H. The lowest BCUT2D eigenvalue weighted by Gasteiger charge is -2.11. The third-order valence-corrected chi connectivity index (χ3v) is 2.68. The first-order valence-corrected chi connectivity index (χ1v) is 7.10. The third kappa shape index (κ3) is 9.16. The van der Waals surface area contributed by atoms with Crippen LogP contribution >= 0.6 is 24.0 Å². The van der Waals surface area contributed by atoms with Gasteiger partial charge in [0, 0.05) is 25.8 Å². The molecule has 0 fully saturated rings. The topological polar surface area (TPSA) is 54.9 Å². The van der Waals surface area contributed by atoms with Gasteiger partial charge in [-0.25, -0.2) is 9.38 Å². The van der Waals surface area contributed by atoms with Crippen LogP contribution in [0.2, 0.25) is 0 Å². The molecule has 0 aliphatic rings. The molecule has 0 spiro atoms. The number of guanidine groups is 1. The predicted octanol–water partition coefficient (Wildman–Crippen LogP) is 2.16. The summed E-state index contributed by atoms with van der Waals surface area (Å²) in [4.78, 5) is 4.35. The number of nitrogens with one attached hydrogen (secondary N) is 2. The van der Waals surface area contributed by atoms with Crippen LogP contribution < -0.4 is 10.6 Å². The number of halogens is 2. The van der Waals surface area contributed by atoms with Crippen LogP contribution in [0.5, 0.6) is 0 Å². The van der Waals surface area contributed by atoms with E-state index in [1.165, 1.54) is 6.07 Å². The molecule has 7 heteroatoms. The lowest BCUT2D eigenvalue weighted by molar-refractivity contribution is 0.0733. The molecule has 0 saturated heterocycles. The zero-order chi connectivity index (χ0) is 15.3. The second-order valence-corrected chi connectivity index (χ2v) is 4.32. The largest absolute Gasteiger partial charge is 0.382 e. The van der Waals surface area contributed by atoms with Crippen molar-refractivity contribution in [3.8, 4) is 0 Å². The zero-order valence-corrected chi connectivity index (χ0v) is 15.4. The van der Waals surface area contributed by atoms with Gasteiger partial charge in [0.1, 0.15) is 5.82 Å². The Morgan fingerprint density at radius 3 is 2.64 bits per heavy atom. The number of nitrogens with zero attached hydrogens (tertiary/aromatic N) is 1. The molecule has 2 N–H and O–H groups in total. The summed E-state index contributed by atoms with van der Waals surface area (Å²) in [5, 5.41) is 6.25. The molecule has 0 atom stereocenters. The first-order chi connectivity index (χ1) is 10.3. The van der Waals surface area contributed by atoms with Gasteiger partial charge in [-0.15, -0.1) is 24.0 Å². The Morgan fingerprint density at radius 1 is 1.18 bits per heavy atom. The van der Waals surface area contributed by atoms with Gasteiger partial charge >= 0.3 is 0 Å². The molecule has 0 saturated carbocycles. The van der Waals surface area contributed by atoms with Crippen LogP contribution in [0.1, 0.15) is 12.5 Å². The quantitative estimate of drug-likeness (QED) is 0.276. The first-order valence-electron chi connectivity index (χ1n) is 7.10. The van der Waals surface area contributed by atoms with Crippen molar-refractivity contribution >= 4 is 29.9 Å². The van der Waals surface area contributed by atoms with Crippen LogP contribution in [0, 0.1) is 5.82 Å². The van der Waals surface area contributed by atoms with E-state index in [-0.39, 0.29) is 29.8 Å². The molecular weight excluding hydrogens is 400 g/mol. The van der Waals surface area contributed by atoms with Crippen LogP contribution in [0.25, 0.3) is 0 Å². The molecule has 0 bridgehead atoms. The van der Waals surface area contributed by atoms with E-state index >= 15 is 0 Å². The summed E-state index contributed by atoms with van der Waals surface area (Å²) in [5.41, 5.74) is 0.575. The Hall–Kier alpha value is -0.930. The molecule has 5 nitrogen and oxygen atoms in total. The number of ether oxygens (including phenoxy) is 2. The Balaban J connectivity index is 0.00000441. The normalized spacial score (nSPS) is 11.0. The van der Waals surface area contributed by atoms with E-state index in [4.69, 9.17) is 9.47 Å². The van der Waals surface area contributed by atoms with Crippen molar-refractivity contribution in [1.82, 2.24) is 10.6 Å². The van der Waals surface area contributed by atoms with Crippen LogP contribution in [0.15, 0.2) is 29.3 Å². The summed E-state index contributed by atoms with van der Waals surface area (Å²) >= 11 is 0. The highest BCUT2D eigenvalue weighted by Gasteiger charge is 2.01. The fourth-order valence-corrected chi connectivity index (χ4v) is 1.62. The van der Waals surface area contributed by atoms with Crippen LogP contribution in [-0.4, -0.2) is 46.0 Å². The van der Waals surface area contributed by atoms with Gasteiger partial charge in [-0.2, -0.15) is 0 Å². The molecule has 0 aliphatic heterocycles. The van der Waals surface area contributed by atoms with Gasteiger partial charge in [0.25, 0.3) is 0 Å². The number of rotatable bonds is 9. The maximum Gasteiger partial charge on any atom is 0.191 e. The molecule has 0 heterocycles. The molecule has 0 aromatic heterocycles. The number of hydrogen-bond acceptors (Lipinski definition) is 3. The fraction of sp³-hybridized carbons (Fsp3) is 0.533. The maximum atomic E-state index is 13.5. The van der Waals surface area contributed by atoms with Gasteiger partial charge in [0.2, 0.25) is 0 Å². The Kier molecular flexibility index (Phi) is 13.1. The van der Waals surface area contributed by atoms with E-state index in [1.807, 2.05) is 6.92 Å². The fourth-order valence-electron chi connectivity index (χ4n) is 1.62. The van der Waals surface area contributed by atoms with Gasteiger partial charge < -0.3 is 20.1 Å². The average molecular weight is 425 g/mol. The van der Waals surface area contributed by atoms with Crippen molar-refractivity contribution in [3.63, 3.8) is 0 Å². The molecule has 22 heavy (non-hydrogen) atoms. The van der Waals surface area contributed by atoms with E-state index < -0.39 is 0 Å². The third-order valence-electron chi connectivity index (χ3n) is 2.68. The summed E-state index contributed by atoms with van der Waals surface area (Å²) in [6.45, 7) is 5.37. The van der Waals surface area contributed by atoms with Gasteiger partial charge in [-0.1, -0.05) is 18.2 Å². The first kappa shape index (κ1) is 21.1. The minimum atomic E-state index is -0.236. The van der Waals surface area contributed by atoms with Crippen molar-refractivity contribution in [2.45, 2.75) is 13.5 Å². The lowest BCUT2D eigenvalue weighted by atomic mass is 10.2. The van der Waals surface area contributed by atoms with E-state index in [1.54, 1.807) is 25.3 Å². The summed E-state index contributed by atoms with van der Waals surface area (Å²) in [6, 6.07) is 6.65. The minimum absolute atomic E-state index is 0. The number of hydrogen-bond donors (Lipinski definition) is 2. The second-order valence-electron chi connectivity index (χ2n) is 4.32. The van der Waals surface area contributed by atoms with Crippen molar-refractivity contribution in [3.05, 3.63) is 35.6 Å². The Morgan fingerprint density at radius 2 is 1.95 bits per heavy atom. The summed E-state index contributed by atoms with van der Waals surface area (Å²) in [7, 11) is 1.64. The van der Waals surface area contributed by atoms with Crippen LogP contribution in [0.4, 0.5) is 4.39 Å². The lowest BCUT2D eigenvalue weighted by Crippen LogP contribution is -2.39. The minimum Gasteiger partial charge on any atom is -0.382 e. The molecule has 0 aliphatic carbocycles.